The van der Waals surface area contributed by atoms with Crippen LogP contribution >= 0.6 is 0 Å². The molecule has 0 spiro atoms. The summed E-state index contributed by atoms with van der Waals surface area (Å²) in [6, 6.07) is 10.2. The third-order valence-corrected chi connectivity index (χ3v) is 5.49. The highest BCUT2D eigenvalue weighted by atomic mass is 19.1. The van der Waals surface area contributed by atoms with Gasteiger partial charge in [0.1, 0.15) is 23.5 Å². The van der Waals surface area contributed by atoms with Crippen LogP contribution in [0.2, 0.25) is 0 Å². The fourth-order valence-corrected chi connectivity index (χ4v) is 3.38. The molecule has 1 aliphatic rings. The number of amides is 2. The van der Waals surface area contributed by atoms with Gasteiger partial charge in [0, 0.05) is 29.7 Å². The minimum Gasteiger partial charge on any atom is -0.480 e. The van der Waals surface area contributed by atoms with E-state index < -0.39 is 41.4 Å². The summed E-state index contributed by atoms with van der Waals surface area (Å²) in [6.45, 7) is -0.462. The average Bonchev–Trinajstić information content (AvgIpc) is 3.64. The van der Waals surface area contributed by atoms with E-state index >= 15 is 0 Å². The SMILES string of the molecule is Nc1nccc(Oc2ccc(NC(=O)C3(C(=O)Nc4ccc(F)cc4)CC3)cc2F)c1NCC(=O)O. The molecule has 3 aromatic rings. The first kappa shape index (κ1) is 24.4. The minimum atomic E-state index is -1.31. The number of nitrogens with one attached hydrogen (secondary N) is 3. The van der Waals surface area contributed by atoms with Crippen LogP contribution in [0.25, 0.3) is 0 Å². The van der Waals surface area contributed by atoms with Gasteiger partial charge in [0.05, 0.1) is 0 Å². The Morgan fingerprint density at radius 1 is 0.972 bits per heavy atom. The number of aromatic nitrogens is 1. The molecule has 1 saturated carbocycles. The standard InChI is InChI=1S/C24H21F2N5O5/c25-13-1-3-14(4-2-13)30-22(34)24(8-9-24)23(35)31-15-5-6-17(16(26)11-15)36-18-7-10-28-21(27)20(18)29-12-19(32)33/h1-7,10-11,29H,8-9,12H2,(H2,27,28)(H,30,34)(H,31,35)(H,32,33). The van der Waals surface area contributed by atoms with Gasteiger partial charge in [-0.05, 0) is 49.2 Å². The van der Waals surface area contributed by atoms with E-state index in [0.717, 1.165) is 6.07 Å². The lowest BCUT2D eigenvalue weighted by Gasteiger charge is -2.16. The lowest BCUT2D eigenvalue weighted by molar-refractivity contribution is -0.135. The van der Waals surface area contributed by atoms with Gasteiger partial charge in [-0.25, -0.2) is 13.8 Å². The topological polar surface area (TPSA) is 156 Å². The molecule has 186 valence electrons. The average molecular weight is 497 g/mol. The molecule has 6 N–H and O–H groups in total. The number of benzene rings is 2. The maximum atomic E-state index is 14.8. The highest BCUT2D eigenvalue weighted by Gasteiger charge is 2.56. The molecule has 1 fully saturated rings. The summed E-state index contributed by atoms with van der Waals surface area (Å²) >= 11 is 0. The number of hydrogen-bond donors (Lipinski definition) is 5. The molecule has 12 heteroatoms. The summed E-state index contributed by atoms with van der Waals surface area (Å²) in [4.78, 5) is 40.2. The van der Waals surface area contributed by atoms with Gasteiger partial charge < -0.3 is 31.5 Å². The lowest BCUT2D eigenvalue weighted by atomic mass is 10.0. The largest absolute Gasteiger partial charge is 0.480 e. The van der Waals surface area contributed by atoms with Gasteiger partial charge in [0.25, 0.3) is 0 Å². The van der Waals surface area contributed by atoms with Crippen molar-refractivity contribution in [3.63, 3.8) is 0 Å². The Kier molecular flexibility index (Phi) is 6.68. The summed E-state index contributed by atoms with van der Waals surface area (Å²) in [5.41, 5.74) is 4.99. The zero-order valence-corrected chi connectivity index (χ0v) is 18.7. The highest BCUT2D eigenvalue weighted by Crippen LogP contribution is 2.47. The van der Waals surface area contributed by atoms with Crippen LogP contribution in [-0.4, -0.2) is 34.4 Å². The van der Waals surface area contributed by atoms with Crippen LogP contribution in [0, 0.1) is 17.0 Å². The highest BCUT2D eigenvalue weighted by molar-refractivity contribution is 6.16. The quantitative estimate of drug-likeness (QED) is 0.281. The predicted molar refractivity (Wildman–Crippen MR) is 127 cm³/mol. The Labute approximate surface area is 203 Å². The van der Waals surface area contributed by atoms with Crippen LogP contribution in [0.1, 0.15) is 12.8 Å². The molecule has 36 heavy (non-hydrogen) atoms. The summed E-state index contributed by atoms with van der Waals surface area (Å²) < 4.78 is 33.4. The number of halogens is 2. The van der Waals surface area contributed by atoms with E-state index in [1.54, 1.807) is 0 Å². The smallest absolute Gasteiger partial charge is 0.322 e. The summed E-state index contributed by atoms with van der Waals surface area (Å²) in [5, 5.41) is 16.6. The second-order valence-electron chi connectivity index (χ2n) is 8.06. The van der Waals surface area contributed by atoms with Gasteiger partial charge in [-0.1, -0.05) is 0 Å². The molecule has 10 nitrogen and oxygen atoms in total. The molecule has 2 amide bonds. The normalized spacial score (nSPS) is 13.4. The summed E-state index contributed by atoms with van der Waals surface area (Å²) in [6.07, 6.45) is 1.94. The monoisotopic (exact) mass is 497 g/mol. The van der Waals surface area contributed by atoms with E-state index in [0.29, 0.717) is 18.5 Å². The number of aliphatic carboxylic acids is 1. The Morgan fingerprint density at radius 2 is 1.61 bits per heavy atom. The minimum absolute atomic E-state index is 0.0355. The summed E-state index contributed by atoms with van der Waals surface area (Å²) in [5.74, 6) is -3.77. The lowest BCUT2D eigenvalue weighted by Crippen LogP contribution is -2.35. The molecule has 0 atom stereocenters. The van der Waals surface area contributed by atoms with Crippen molar-refractivity contribution < 1.29 is 33.0 Å². The van der Waals surface area contributed by atoms with Crippen molar-refractivity contribution in [1.29, 1.82) is 0 Å². The molecule has 0 radical (unpaired) electrons. The van der Waals surface area contributed by atoms with Crippen LogP contribution in [0.5, 0.6) is 11.5 Å². The first-order valence-electron chi connectivity index (χ1n) is 10.7. The number of rotatable bonds is 9. The number of carbonyl (C=O) groups is 3. The van der Waals surface area contributed by atoms with Gasteiger partial charge in [-0.2, -0.15) is 0 Å². The Morgan fingerprint density at radius 3 is 2.22 bits per heavy atom. The van der Waals surface area contributed by atoms with Crippen molar-refractivity contribution in [1.82, 2.24) is 4.98 Å². The number of ether oxygens (including phenoxy) is 1. The second-order valence-corrected chi connectivity index (χ2v) is 8.06. The number of pyridine rings is 1. The predicted octanol–water partition coefficient (Wildman–Crippen LogP) is 3.59. The molecule has 1 aromatic heterocycles. The number of carboxylic acids is 1. The molecule has 1 aliphatic carbocycles. The van der Waals surface area contributed by atoms with E-state index in [1.807, 2.05) is 0 Å². The third kappa shape index (κ3) is 5.32. The zero-order chi connectivity index (χ0) is 25.9. The molecule has 0 unspecified atom stereocenters. The summed E-state index contributed by atoms with van der Waals surface area (Å²) in [7, 11) is 0. The third-order valence-electron chi connectivity index (χ3n) is 5.49. The molecule has 2 aromatic carbocycles. The van der Waals surface area contributed by atoms with Crippen molar-refractivity contribution in [2.24, 2.45) is 5.41 Å². The first-order valence-corrected chi connectivity index (χ1v) is 10.7. The fraction of sp³-hybridized carbons (Fsp3) is 0.167. The molecular weight excluding hydrogens is 476 g/mol. The Hall–Kier alpha value is -4.74. The number of hydrogen-bond acceptors (Lipinski definition) is 7. The van der Waals surface area contributed by atoms with Gasteiger partial charge in [-0.15, -0.1) is 0 Å². The maximum Gasteiger partial charge on any atom is 0.322 e. The number of nitrogen functional groups attached to an aromatic ring is 1. The van der Waals surface area contributed by atoms with E-state index in [2.05, 4.69) is 20.9 Å². The van der Waals surface area contributed by atoms with Crippen molar-refractivity contribution in [3.8, 4) is 11.5 Å². The van der Waals surface area contributed by atoms with Crippen LogP contribution in [-0.2, 0) is 14.4 Å². The first-order chi connectivity index (χ1) is 17.2. The van der Waals surface area contributed by atoms with Crippen LogP contribution in [0.15, 0.2) is 54.7 Å². The Bertz CT molecular complexity index is 1330. The van der Waals surface area contributed by atoms with E-state index in [9.17, 15) is 23.2 Å². The maximum absolute atomic E-state index is 14.8. The van der Waals surface area contributed by atoms with Gasteiger partial charge in [0.2, 0.25) is 11.8 Å². The van der Waals surface area contributed by atoms with Gasteiger partial charge >= 0.3 is 5.97 Å². The van der Waals surface area contributed by atoms with Crippen LogP contribution in [0.4, 0.5) is 31.7 Å². The molecule has 0 bridgehead atoms. The van der Waals surface area contributed by atoms with Gasteiger partial charge in [-0.3, -0.25) is 14.4 Å². The van der Waals surface area contributed by atoms with Crippen LogP contribution in [0.3, 0.4) is 0 Å². The number of nitrogens with zero attached hydrogens (tertiary/aromatic N) is 1. The van der Waals surface area contributed by atoms with Crippen molar-refractivity contribution in [3.05, 3.63) is 66.4 Å². The second kappa shape index (κ2) is 9.86. The van der Waals surface area contributed by atoms with E-state index in [1.165, 1.54) is 48.7 Å². The number of anilines is 4. The van der Waals surface area contributed by atoms with Crippen molar-refractivity contribution in [2.75, 3.05) is 28.2 Å². The van der Waals surface area contributed by atoms with E-state index in [4.69, 9.17) is 15.6 Å². The van der Waals surface area contributed by atoms with E-state index in [-0.39, 0.29) is 28.7 Å². The molecule has 0 aliphatic heterocycles. The number of carboxylic acid groups (broad SMARTS) is 1. The van der Waals surface area contributed by atoms with Crippen molar-refractivity contribution >= 4 is 40.7 Å². The molecular formula is C24H21F2N5O5. The number of nitrogens with two attached hydrogens (primary N) is 1. The molecule has 4 rings (SSSR count). The number of carbonyl (C=O) groups excluding carboxylic acids is 2. The fourth-order valence-electron chi connectivity index (χ4n) is 3.38. The molecule has 1 heterocycles. The zero-order valence-electron chi connectivity index (χ0n) is 18.7. The van der Waals surface area contributed by atoms with Crippen molar-refractivity contribution in [2.45, 2.75) is 12.8 Å². The molecule has 0 saturated heterocycles. The van der Waals surface area contributed by atoms with Gasteiger partial charge in [0.15, 0.2) is 23.1 Å². The Balaban J connectivity index is 1.44. The van der Waals surface area contributed by atoms with Crippen LogP contribution < -0.4 is 26.4 Å².